The van der Waals surface area contributed by atoms with Crippen molar-refractivity contribution in [3.63, 3.8) is 0 Å². The Balaban J connectivity index is 1.90. The number of aromatic nitrogens is 2. The predicted octanol–water partition coefficient (Wildman–Crippen LogP) is 2.23. The Morgan fingerprint density at radius 3 is 3.00 bits per heavy atom. The minimum Gasteiger partial charge on any atom is -0.397 e. The third-order valence-corrected chi connectivity index (χ3v) is 2.49. The van der Waals surface area contributed by atoms with E-state index in [1.165, 1.54) is 0 Å². The SMILES string of the molecule is Nc1cc(Cl)ccc1NCCn1ccnc1. The van der Waals surface area contributed by atoms with E-state index in [0.717, 1.165) is 18.8 Å². The highest BCUT2D eigenvalue weighted by Gasteiger charge is 1.98. The van der Waals surface area contributed by atoms with Gasteiger partial charge in [0.15, 0.2) is 0 Å². The summed E-state index contributed by atoms with van der Waals surface area (Å²) in [5.41, 5.74) is 7.39. The minimum absolute atomic E-state index is 0.651. The summed E-state index contributed by atoms with van der Waals surface area (Å²) in [5.74, 6) is 0. The zero-order valence-corrected chi connectivity index (χ0v) is 9.48. The number of hydrogen-bond acceptors (Lipinski definition) is 3. The first-order valence-corrected chi connectivity index (χ1v) is 5.38. The molecular weight excluding hydrogens is 224 g/mol. The molecule has 0 aliphatic rings. The lowest BCUT2D eigenvalue weighted by Gasteiger charge is -2.09. The fraction of sp³-hybridized carbons (Fsp3) is 0.182. The summed E-state index contributed by atoms with van der Waals surface area (Å²) in [6, 6.07) is 5.43. The largest absolute Gasteiger partial charge is 0.397 e. The molecule has 2 rings (SSSR count). The lowest BCUT2D eigenvalue weighted by molar-refractivity contribution is 0.727. The highest BCUT2D eigenvalue weighted by Crippen LogP contribution is 2.22. The van der Waals surface area contributed by atoms with Crippen LogP contribution in [0.25, 0.3) is 0 Å². The van der Waals surface area contributed by atoms with E-state index in [0.29, 0.717) is 10.7 Å². The maximum atomic E-state index is 5.81. The molecule has 84 valence electrons. The normalized spacial score (nSPS) is 10.3. The topological polar surface area (TPSA) is 55.9 Å². The number of nitrogens with one attached hydrogen (secondary N) is 1. The van der Waals surface area contributed by atoms with E-state index in [1.807, 2.05) is 22.9 Å². The second-order valence-corrected chi connectivity index (χ2v) is 3.90. The first kappa shape index (κ1) is 10.8. The second-order valence-electron chi connectivity index (χ2n) is 3.46. The summed E-state index contributed by atoms with van der Waals surface area (Å²) in [4.78, 5) is 3.97. The molecule has 3 N–H and O–H groups in total. The van der Waals surface area contributed by atoms with E-state index >= 15 is 0 Å². The van der Waals surface area contributed by atoms with Gasteiger partial charge in [-0.05, 0) is 18.2 Å². The lowest BCUT2D eigenvalue weighted by atomic mass is 10.2. The standard InChI is InChI=1S/C11H13ClN4/c12-9-1-2-11(10(13)7-9)15-4-6-16-5-3-14-8-16/h1-3,5,7-8,15H,4,6,13H2. The van der Waals surface area contributed by atoms with Crippen LogP contribution in [0.4, 0.5) is 11.4 Å². The third-order valence-electron chi connectivity index (χ3n) is 2.26. The highest BCUT2D eigenvalue weighted by atomic mass is 35.5. The van der Waals surface area contributed by atoms with Gasteiger partial charge in [-0.15, -0.1) is 0 Å². The van der Waals surface area contributed by atoms with Gasteiger partial charge in [-0.2, -0.15) is 0 Å². The minimum atomic E-state index is 0.651. The molecule has 0 aliphatic heterocycles. The fourth-order valence-corrected chi connectivity index (χ4v) is 1.61. The number of halogens is 1. The molecule has 0 spiro atoms. The van der Waals surface area contributed by atoms with Gasteiger partial charge >= 0.3 is 0 Å². The molecule has 0 radical (unpaired) electrons. The van der Waals surface area contributed by atoms with Crippen LogP contribution in [0.1, 0.15) is 0 Å². The van der Waals surface area contributed by atoms with Crippen LogP contribution in [0.3, 0.4) is 0 Å². The van der Waals surface area contributed by atoms with Crippen LogP contribution < -0.4 is 11.1 Å². The summed E-state index contributed by atoms with van der Waals surface area (Å²) < 4.78 is 2.00. The highest BCUT2D eigenvalue weighted by molar-refractivity contribution is 6.31. The van der Waals surface area contributed by atoms with Crippen molar-refractivity contribution in [1.29, 1.82) is 0 Å². The van der Waals surface area contributed by atoms with Crippen LogP contribution in [0.2, 0.25) is 5.02 Å². The van der Waals surface area contributed by atoms with Gasteiger partial charge in [0.2, 0.25) is 0 Å². The van der Waals surface area contributed by atoms with Crippen LogP contribution in [0, 0.1) is 0 Å². The monoisotopic (exact) mass is 236 g/mol. The molecule has 0 atom stereocenters. The Morgan fingerprint density at radius 2 is 2.31 bits per heavy atom. The molecule has 2 aromatic rings. The van der Waals surface area contributed by atoms with E-state index in [1.54, 1.807) is 18.6 Å². The Kier molecular flexibility index (Phi) is 3.31. The van der Waals surface area contributed by atoms with Gasteiger partial charge in [-0.1, -0.05) is 11.6 Å². The molecule has 1 aromatic carbocycles. The van der Waals surface area contributed by atoms with E-state index in [-0.39, 0.29) is 0 Å². The molecule has 0 aliphatic carbocycles. The number of nitrogen functional groups attached to an aromatic ring is 1. The molecule has 1 heterocycles. The summed E-state index contributed by atoms with van der Waals surface area (Å²) in [5, 5.41) is 3.90. The molecule has 0 amide bonds. The lowest BCUT2D eigenvalue weighted by Crippen LogP contribution is -2.10. The quantitative estimate of drug-likeness (QED) is 0.801. The van der Waals surface area contributed by atoms with Crippen LogP contribution in [-0.2, 0) is 6.54 Å². The molecule has 0 saturated heterocycles. The predicted molar refractivity (Wildman–Crippen MR) is 66.6 cm³/mol. The van der Waals surface area contributed by atoms with Gasteiger partial charge in [0, 0.05) is 30.5 Å². The van der Waals surface area contributed by atoms with Gasteiger partial charge < -0.3 is 15.6 Å². The molecule has 0 fully saturated rings. The molecule has 5 heteroatoms. The van der Waals surface area contributed by atoms with E-state index in [9.17, 15) is 0 Å². The van der Waals surface area contributed by atoms with Crippen molar-refractivity contribution in [2.75, 3.05) is 17.6 Å². The van der Waals surface area contributed by atoms with Crippen LogP contribution >= 0.6 is 11.6 Å². The van der Waals surface area contributed by atoms with Crippen molar-refractivity contribution in [3.05, 3.63) is 41.9 Å². The number of anilines is 2. The maximum absolute atomic E-state index is 5.81. The summed E-state index contributed by atoms with van der Waals surface area (Å²) in [7, 11) is 0. The maximum Gasteiger partial charge on any atom is 0.0946 e. The number of nitrogens with zero attached hydrogens (tertiary/aromatic N) is 2. The zero-order valence-electron chi connectivity index (χ0n) is 8.73. The number of benzene rings is 1. The number of nitrogens with two attached hydrogens (primary N) is 1. The van der Waals surface area contributed by atoms with Gasteiger partial charge in [0.05, 0.1) is 17.7 Å². The third kappa shape index (κ3) is 2.67. The van der Waals surface area contributed by atoms with Crippen molar-refractivity contribution in [1.82, 2.24) is 9.55 Å². The molecule has 0 bridgehead atoms. The van der Waals surface area contributed by atoms with Crippen LogP contribution in [-0.4, -0.2) is 16.1 Å². The number of imidazole rings is 1. The molecule has 0 unspecified atom stereocenters. The number of rotatable bonds is 4. The molecule has 1 aromatic heterocycles. The van der Waals surface area contributed by atoms with Crippen molar-refractivity contribution >= 4 is 23.0 Å². The van der Waals surface area contributed by atoms with E-state index in [4.69, 9.17) is 17.3 Å². The summed E-state index contributed by atoms with van der Waals surface area (Å²) >= 11 is 5.81. The van der Waals surface area contributed by atoms with E-state index in [2.05, 4.69) is 10.3 Å². The van der Waals surface area contributed by atoms with Crippen molar-refractivity contribution in [3.8, 4) is 0 Å². The van der Waals surface area contributed by atoms with Crippen molar-refractivity contribution in [2.24, 2.45) is 0 Å². The molecule has 4 nitrogen and oxygen atoms in total. The van der Waals surface area contributed by atoms with Gasteiger partial charge in [-0.3, -0.25) is 0 Å². The smallest absolute Gasteiger partial charge is 0.0946 e. The molecule has 0 saturated carbocycles. The average molecular weight is 237 g/mol. The van der Waals surface area contributed by atoms with Gasteiger partial charge in [0.25, 0.3) is 0 Å². The average Bonchev–Trinajstić information content (AvgIpc) is 2.74. The van der Waals surface area contributed by atoms with Crippen molar-refractivity contribution in [2.45, 2.75) is 6.54 Å². The van der Waals surface area contributed by atoms with Crippen LogP contribution in [0.15, 0.2) is 36.9 Å². The summed E-state index contributed by atoms with van der Waals surface area (Å²) in [6.45, 7) is 1.64. The molecule has 16 heavy (non-hydrogen) atoms. The first-order valence-electron chi connectivity index (χ1n) is 5.00. The van der Waals surface area contributed by atoms with Gasteiger partial charge in [-0.25, -0.2) is 4.98 Å². The van der Waals surface area contributed by atoms with Crippen molar-refractivity contribution < 1.29 is 0 Å². The fourth-order valence-electron chi connectivity index (χ4n) is 1.43. The Morgan fingerprint density at radius 1 is 1.44 bits per heavy atom. The second kappa shape index (κ2) is 4.90. The van der Waals surface area contributed by atoms with Crippen LogP contribution in [0.5, 0.6) is 0 Å². The summed E-state index contributed by atoms with van der Waals surface area (Å²) in [6.07, 6.45) is 5.47. The number of hydrogen-bond donors (Lipinski definition) is 2. The Bertz CT molecular complexity index is 453. The first-order chi connectivity index (χ1) is 7.75. The Hall–Kier alpha value is -1.68. The molecular formula is C11H13ClN4. The zero-order chi connectivity index (χ0) is 11.4. The van der Waals surface area contributed by atoms with Gasteiger partial charge in [0.1, 0.15) is 0 Å². The van der Waals surface area contributed by atoms with E-state index < -0.39 is 0 Å². The Labute approximate surface area is 99.1 Å².